The summed E-state index contributed by atoms with van der Waals surface area (Å²) in [7, 11) is 0. The molecule has 0 unspecified atom stereocenters. The van der Waals surface area contributed by atoms with Gasteiger partial charge < -0.3 is 20.3 Å². The smallest absolute Gasteiger partial charge is 0.339 e. The lowest BCUT2D eigenvalue weighted by atomic mass is 9.99. The average Bonchev–Trinajstić information content (AvgIpc) is 2.84. The molecule has 8 nitrogen and oxygen atoms in total. The Bertz CT molecular complexity index is 804. The van der Waals surface area contributed by atoms with E-state index in [-0.39, 0.29) is 30.2 Å². The summed E-state index contributed by atoms with van der Waals surface area (Å²) in [6.45, 7) is 0.0112. The molecular weight excluding hydrogens is 396 g/mol. The largest absolute Gasteiger partial charge is 0.492 e. The van der Waals surface area contributed by atoms with Gasteiger partial charge in [0.05, 0.1) is 25.4 Å². The molecule has 3 rings (SSSR count). The number of nitrogens with one attached hydrogen (secondary N) is 1. The van der Waals surface area contributed by atoms with E-state index in [4.69, 9.17) is 9.84 Å². The predicted octanol–water partition coefficient (Wildman–Crippen LogP) is 1.13. The number of carboxylic acids is 1. The van der Waals surface area contributed by atoms with E-state index in [0.29, 0.717) is 35.2 Å². The summed E-state index contributed by atoms with van der Waals surface area (Å²) in [5, 5.41) is 21.2. The van der Waals surface area contributed by atoms with Crippen LogP contribution in [0.25, 0.3) is 0 Å². The maximum absolute atomic E-state index is 12.3. The first-order valence-electron chi connectivity index (χ1n) is 7.61. The number of β-amino-alcohol motifs (C(OH)–C–C–N with tert-alkyl or cyclic N) is 1. The third-order valence-electron chi connectivity index (χ3n) is 3.97. The Labute approximate surface area is 151 Å². The highest BCUT2D eigenvalue weighted by atomic mass is 79.9. The Morgan fingerprint density at radius 1 is 1.40 bits per heavy atom. The zero-order valence-electron chi connectivity index (χ0n) is 13.0. The maximum Gasteiger partial charge on any atom is 0.339 e. The summed E-state index contributed by atoms with van der Waals surface area (Å²) >= 11 is 3.32. The molecule has 0 fully saturated rings. The fourth-order valence-corrected chi connectivity index (χ4v) is 3.42. The molecule has 2 amide bonds. The molecule has 2 aliphatic rings. The highest BCUT2D eigenvalue weighted by Gasteiger charge is 2.32. The monoisotopic (exact) mass is 410 g/mol. The minimum Gasteiger partial charge on any atom is -0.492 e. The van der Waals surface area contributed by atoms with Gasteiger partial charge >= 0.3 is 5.97 Å². The number of aromatic carboxylic acids is 1. The number of ether oxygens (including phenoxy) is 1. The van der Waals surface area contributed by atoms with Gasteiger partial charge in [0.15, 0.2) is 0 Å². The molecule has 0 radical (unpaired) electrons. The molecule has 132 valence electrons. The number of hydrogen-bond acceptors (Lipinski definition) is 6. The summed E-state index contributed by atoms with van der Waals surface area (Å²) in [5.41, 5.74) is 1.24. The first-order valence-corrected chi connectivity index (χ1v) is 8.40. The van der Waals surface area contributed by atoms with Crippen LogP contribution >= 0.6 is 15.9 Å². The number of aliphatic hydroxyl groups excluding tert-OH is 1. The number of carboxylic acid groups (broad SMARTS) is 1. The van der Waals surface area contributed by atoms with Gasteiger partial charge in [-0.3, -0.25) is 14.5 Å². The number of rotatable bonds is 5. The first-order chi connectivity index (χ1) is 11.9. The highest BCUT2D eigenvalue weighted by Crippen LogP contribution is 2.41. The van der Waals surface area contributed by atoms with Crippen molar-refractivity contribution in [3.05, 3.63) is 33.4 Å². The summed E-state index contributed by atoms with van der Waals surface area (Å²) in [6, 6.07) is 1.40. The van der Waals surface area contributed by atoms with Gasteiger partial charge in [-0.05, 0) is 34.8 Å². The summed E-state index contributed by atoms with van der Waals surface area (Å²) in [6.07, 6.45) is 2.44. The van der Waals surface area contributed by atoms with Crippen molar-refractivity contribution in [3.63, 3.8) is 0 Å². The lowest BCUT2D eigenvalue weighted by Gasteiger charge is -2.24. The van der Waals surface area contributed by atoms with Crippen molar-refractivity contribution in [3.8, 4) is 5.75 Å². The van der Waals surface area contributed by atoms with Gasteiger partial charge in [-0.25, -0.2) is 4.79 Å². The molecule has 0 bridgehead atoms. The summed E-state index contributed by atoms with van der Waals surface area (Å²) in [4.78, 5) is 36.5. The van der Waals surface area contributed by atoms with Gasteiger partial charge in [0.2, 0.25) is 0 Å². The van der Waals surface area contributed by atoms with Gasteiger partial charge in [0.25, 0.3) is 11.8 Å². The zero-order chi connectivity index (χ0) is 18.1. The zero-order valence-corrected chi connectivity index (χ0v) is 14.6. The Morgan fingerprint density at radius 2 is 2.16 bits per heavy atom. The van der Waals surface area contributed by atoms with Crippen LogP contribution in [0.3, 0.4) is 0 Å². The van der Waals surface area contributed by atoms with Crippen molar-refractivity contribution in [2.45, 2.75) is 12.8 Å². The van der Waals surface area contributed by atoms with E-state index >= 15 is 0 Å². The molecule has 0 atom stereocenters. The molecular formula is C16H15BrN2O6. The lowest BCUT2D eigenvalue weighted by Crippen LogP contribution is -2.34. The fourth-order valence-electron chi connectivity index (χ4n) is 2.85. The Hall–Kier alpha value is -2.39. The minimum atomic E-state index is -1.11. The van der Waals surface area contributed by atoms with E-state index in [1.165, 1.54) is 6.07 Å². The van der Waals surface area contributed by atoms with Gasteiger partial charge in [0.1, 0.15) is 17.0 Å². The standard InChI is InChI=1S/C16H15BrN2O6/c17-10-6-9(16(23)24)14-8(2-1-5-25-14)13(10)18-11-7-12(21)19(3-4-20)15(11)22/h6-7,18,20H,1-5H2,(H,23,24). The van der Waals surface area contributed by atoms with E-state index in [9.17, 15) is 19.5 Å². The van der Waals surface area contributed by atoms with Crippen molar-refractivity contribution in [2.75, 3.05) is 25.1 Å². The van der Waals surface area contributed by atoms with Crippen LogP contribution in [0.2, 0.25) is 0 Å². The van der Waals surface area contributed by atoms with E-state index in [1.54, 1.807) is 0 Å². The highest BCUT2D eigenvalue weighted by molar-refractivity contribution is 9.10. The van der Waals surface area contributed by atoms with Crippen molar-refractivity contribution in [2.24, 2.45) is 0 Å². The molecule has 0 saturated heterocycles. The van der Waals surface area contributed by atoms with Crippen LogP contribution in [-0.4, -0.2) is 52.7 Å². The van der Waals surface area contributed by atoms with Crippen LogP contribution in [0.15, 0.2) is 22.3 Å². The summed E-state index contributed by atoms with van der Waals surface area (Å²) < 4.78 is 5.98. The normalized spacial score (nSPS) is 16.4. The minimum absolute atomic E-state index is 0.0387. The van der Waals surface area contributed by atoms with Crippen molar-refractivity contribution in [1.29, 1.82) is 0 Å². The number of carbonyl (C=O) groups is 3. The van der Waals surface area contributed by atoms with Crippen molar-refractivity contribution in [1.82, 2.24) is 4.90 Å². The first kappa shape index (κ1) is 17.4. The molecule has 0 spiro atoms. The Kier molecular flexibility index (Phi) is 4.78. The number of amides is 2. The number of imide groups is 1. The maximum atomic E-state index is 12.3. The van der Waals surface area contributed by atoms with Crippen LogP contribution in [0.4, 0.5) is 5.69 Å². The second kappa shape index (κ2) is 6.85. The number of anilines is 1. The van der Waals surface area contributed by atoms with E-state index in [0.717, 1.165) is 11.0 Å². The van der Waals surface area contributed by atoms with Gasteiger partial charge in [-0.1, -0.05) is 0 Å². The molecule has 0 aromatic heterocycles. The van der Waals surface area contributed by atoms with Crippen LogP contribution in [0.1, 0.15) is 22.3 Å². The SMILES string of the molecule is O=C(O)c1cc(Br)c(NC2=CC(=O)N(CCO)C2=O)c2c1OCCC2. The quantitative estimate of drug-likeness (QED) is 0.622. The predicted molar refractivity (Wildman–Crippen MR) is 90.4 cm³/mol. The van der Waals surface area contributed by atoms with Crippen LogP contribution in [0.5, 0.6) is 5.75 Å². The van der Waals surface area contributed by atoms with E-state index in [1.807, 2.05) is 0 Å². The molecule has 3 N–H and O–H groups in total. The Morgan fingerprint density at radius 3 is 2.84 bits per heavy atom. The number of halogens is 1. The summed E-state index contributed by atoms with van der Waals surface area (Å²) in [5.74, 6) is -1.89. The molecule has 25 heavy (non-hydrogen) atoms. The molecule has 1 aromatic carbocycles. The van der Waals surface area contributed by atoms with Crippen LogP contribution in [0, 0.1) is 0 Å². The number of aliphatic hydroxyl groups is 1. The third kappa shape index (κ3) is 3.12. The number of carbonyl (C=O) groups excluding carboxylic acids is 2. The number of hydrogen-bond donors (Lipinski definition) is 3. The lowest BCUT2D eigenvalue weighted by molar-refractivity contribution is -0.137. The van der Waals surface area contributed by atoms with Gasteiger partial charge in [0, 0.05) is 16.1 Å². The van der Waals surface area contributed by atoms with Crippen molar-refractivity contribution < 1.29 is 29.3 Å². The van der Waals surface area contributed by atoms with Crippen LogP contribution < -0.4 is 10.1 Å². The van der Waals surface area contributed by atoms with Crippen LogP contribution in [-0.2, 0) is 16.0 Å². The second-order valence-electron chi connectivity index (χ2n) is 5.55. The molecule has 2 aliphatic heterocycles. The molecule has 0 saturated carbocycles. The topological polar surface area (TPSA) is 116 Å². The fraction of sp³-hybridized carbons (Fsp3) is 0.312. The molecule has 1 aromatic rings. The van der Waals surface area contributed by atoms with Crippen molar-refractivity contribution >= 4 is 39.4 Å². The second-order valence-corrected chi connectivity index (χ2v) is 6.40. The number of fused-ring (bicyclic) bond motifs is 1. The third-order valence-corrected chi connectivity index (χ3v) is 4.60. The molecule has 0 aliphatic carbocycles. The van der Waals surface area contributed by atoms with E-state index in [2.05, 4.69) is 21.2 Å². The van der Waals surface area contributed by atoms with E-state index < -0.39 is 17.8 Å². The number of benzene rings is 1. The Balaban J connectivity index is 1.99. The molecule has 9 heteroatoms. The average molecular weight is 411 g/mol. The molecule has 2 heterocycles. The number of nitrogens with zero attached hydrogens (tertiary/aromatic N) is 1. The van der Waals surface area contributed by atoms with Gasteiger partial charge in [-0.15, -0.1) is 0 Å². The van der Waals surface area contributed by atoms with Gasteiger partial charge in [-0.2, -0.15) is 0 Å².